The molecule has 19 heavy (non-hydrogen) atoms. The highest BCUT2D eigenvalue weighted by molar-refractivity contribution is 5.76. The smallest absolute Gasteiger partial charge is 0.315 e. The van der Waals surface area contributed by atoms with E-state index in [9.17, 15) is 9.90 Å². The van der Waals surface area contributed by atoms with E-state index < -0.39 is 5.97 Å². The van der Waals surface area contributed by atoms with Gasteiger partial charge in [0.1, 0.15) is 5.75 Å². The number of methoxy groups -OCH3 is 1. The quantitative estimate of drug-likeness (QED) is 0.676. The molecule has 0 bridgehead atoms. The Balaban J connectivity index is 2.08. The molecule has 1 N–H and O–H groups in total. The number of phenols is 1. The van der Waals surface area contributed by atoms with Crippen LogP contribution in [0.2, 0.25) is 0 Å². The molecule has 4 heteroatoms. The number of ether oxygens (including phenoxy) is 2. The van der Waals surface area contributed by atoms with Gasteiger partial charge in [0.2, 0.25) is 0 Å². The van der Waals surface area contributed by atoms with Gasteiger partial charge in [-0.2, -0.15) is 0 Å². The average molecular weight is 258 g/mol. The van der Waals surface area contributed by atoms with E-state index in [0.717, 1.165) is 0 Å². The molecule has 0 aliphatic rings. The third-order valence-electron chi connectivity index (χ3n) is 2.62. The standard InChI is InChI=1S/C15H14O4/c1-18-13-8-4-5-9-14(13)19-15(17)10-11-6-2-3-7-12(11)16/h2-9,16H,10H2,1H3. The fourth-order valence-electron chi connectivity index (χ4n) is 1.68. The normalized spacial score (nSPS) is 9.95. The number of carbonyl (C=O) groups excluding carboxylic acids is 1. The maximum atomic E-state index is 11.8. The summed E-state index contributed by atoms with van der Waals surface area (Å²) >= 11 is 0. The van der Waals surface area contributed by atoms with Crippen LogP contribution in [0, 0.1) is 0 Å². The highest BCUT2D eigenvalue weighted by Gasteiger charge is 2.12. The van der Waals surface area contributed by atoms with Gasteiger partial charge in [-0.3, -0.25) is 4.79 Å². The number of esters is 1. The zero-order chi connectivity index (χ0) is 13.7. The van der Waals surface area contributed by atoms with E-state index in [2.05, 4.69) is 0 Å². The van der Waals surface area contributed by atoms with Crippen molar-refractivity contribution in [1.82, 2.24) is 0 Å². The summed E-state index contributed by atoms with van der Waals surface area (Å²) in [6, 6.07) is 13.6. The first-order chi connectivity index (χ1) is 9.20. The van der Waals surface area contributed by atoms with Crippen LogP contribution in [0.1, 0.15) is 5.56 Å². The Labute approximate surface area is 111 Å². The highest BCUT2D eigenvalue weighted by atomic mass is 16.6. The van der Waals surface area contributed by atoms with Gasteiger partial charge in [0.05, 0.1) is 13.5 Å². The van der Waals surface area contributed by atoms with Crippen LogP contribution >= 0.6 is 0 Å². The molecule has 0 atom stereocenters. The summed E-state index contributed by atoms with van der Waals surface area (Å²) in [7, 11) is 1.51. The number of aromatic hydroxyl groups is 1. The minimum atomic E-state index is -0.453. The molecule has 0 amide bonds. The van der Waals surface area contributed by atoms with Crippen molar-refractivity contribution in [2.45, 2.75) is 6.42 Å². The van der Waals surface area contributed by atoms with Crippen molar-refractivity contribution in [2.75, 3.05) is 7.11 Å². The Bertz CT molecular complexity index is 578. The number of hydrogen-bond donors (Lipinski definition) is 1. The first-order valence-corrected chi connectivity index (χ1v) is 5.81. The third-order valence-corrected chi connectivity index (χ3v) is 2.62. The molecule has 2 aromatic carbocycles. The molecule has 98 valence electrons. The van der Waals surface area contributed by atoms with E-state index in [1.54, 1.807) is 42.5 Å². The molecule has 4 nitrogen and oxygen atoms in total. The molecule has 0 unspecified atom stereocenters. The maximum absolute atomic E-state index is 11.8. The number of rotatable bonds is 4. The first-order valence-electron chi connectivity index (χ1n) is 5.81. The van der Waals surface area contributed by atoms with Gasteiger partial charge < -0.3 is 14.6 Å². The molecular formula is C15H14O4. The monoisotopic (exact) mass is 258 g/mol. The largest absolute Gasteiger partial charge is 0.508 e. The van der Waals surface area contributed by atoms with E-state index in [-0.39, 0.29) is 12.2 Å². The average Bonchev–Trinajstić information content (AvgIpc) is 2.42. The van der Waals surface area contributed by atoms with Crippen molar-refractivity contribution in [2.24, 2.45) is 0 Å². The van der Waals surface area contributed by atoms with Gasteiger partial charge in [-0.05, 0) is 18.2 Å². The number of carbonyl (C=O) groups is 1. The van der Waals surface area contributed by atoms with E-state index in [0.29, 0.717) is 17.1 Å². The summed E-state index contributed by atoms with van der Waals surface area (Å²) in [6.45, 7) is 0. The van der Waals surface area contributed by atoms with Crippen molar-refractivity contribution in [1.29, 1.82) is 0 Å². The summed E-state index contributed by atoms with van der Waals surface area (Å²) in [5.74, 6) is 0.490. The van der Waals surface area contributed by atoms with Crippen molar-refractivity contribution in [3.63, 3.8) is 0 Å². The summed E-state index contributed by atoms with van der Waals surface area (Å²) in [5, 5.41) is 9.59. The molecule has 0 spiro atoms. The fourth-order valence-corrected chi connectivity index (χ4v) is 1.68. The number of para-hydroxylation sites is 3. The maximum Gasteiger partial charge on any atom is 0.315 e. The van der Waals surface area contributed by atoms with E-state index in [1.807, 2.05) is 0 Å². The van der Waals surface area contributed by atoms with Gasteiger partial charge in [-0.15, -0.1) is 0 Å². The molecule has 2 aromatic rings. The molecule has 0 saturated carbocycles. The predicted molar refractivity (Wildman–Crippen MR) is 70.4 cm³/mol. The second-order valence-corrected chi connectivity index (χ2v) is 3.93. The Morgan fingerprint density at radius 1 is 1.05 bits per heavy atom. The second-order valence-electron chi connectivity index (χ2n) is 3.93. The lowest BCUT2D eigenvalue weighted by Crippen LogP contribution is -2.11. The molecule has 0 radical (unpaired) electrons. The molecule has 0 aromatic heterocycles. The van der Waals surface area contributed by atoms with Gasteiger partial charge in [-0.1, -0.05) is 30.3 Å². The third kappa shape index (κ3) is 3.25. The fraction of sp³-hybridized carbons (Fsp3) is 0.133. The zero-order valence-corrected chi connectivity index (χ0v) is 10.5. The molecule has 0 aliphatic heterocycles. The molecule has 0 fully saturated rings. The lowest BCUT2D eigenvalue weighted by Gasteiger charge is -2.09. The van der Waals surface area contributed by atoms with Crippen molar-refractivity contribution >= 4 is 5.97 Å². The topological polar surface area (TPSA) is 55.8 Å². The number of benzene rings is 2. The predicted octanol–water partition coefficient (Wildman–Crippen LogP) is 2.55. The summed E-state index contributed by atoms with van der Waals surface area (Å²) in [4.78, 5) is 11.8. The van der Waals surface area contributed by atoms with E-state index >= 15 is 0 Å². The second kappa shape index (κ2) is 5.91. The molecular weight excluding hydrogens is 244 g/mol. The van der Waals surface area contributed by atoms with Crippen LogP contribution in [0.4, 0.5) is 0 Å². The highest BCUT2D eigenvalue weighted by Crippen LogP contribution is 2.26. The lowest BCUT2D eigenvalue weighted by molar-refractivity contribution is -0.133. The summed E-state index contributed by atoms with van der Waals surface area (Å²) in [5.41, 5.74) is 0.530. The Hall–Kier alpha value is -2.49. The van der Waals surface area contributed by atoms with E-state index in [1.165, 1.54) is 13.2 Å². The molecule has 0 heterocycles. The van der Waals surface area contributed by atoms with Crippen LogP contribution < -0.4 is 9.47 Å². The SMILES string of the molecule is COc1ccccc1OC(=O)Cc1ccccc1O. The van der Waals surface area contributed by atoms with Gasteiger partial charge in [0.25, 0.3) is 0 Å². The number of phenolic OH excluding ortho intramolecular Hbond substituents is 1. The van der Waals surface area contributed by atoms with Gasteiger partial charge >= 0.3 is 5.97 Å². The zero-order valence-electron chi connectivity index (χ0n) is 10.5. The van der Waals surface area contributed by atoms with Crippen molar-refractivity contribution in [3.05, 3.63) is 54.1 Å². The van der Waals surface area contributed by atoms with Gasteiger partial charge in [0.15, 0.2) is 11.5 Å². The van der Waals surface area contributed by atoms with Crippen LogP contribution in [0.3, 0.4) is 0 Å². The Morgan fingerprint density at radius 3 is 2.37 bits per heavy atom. The van der Waals surface area contributed by atoms with Crippen LogP contribution in [0.25, 0.3) is 0 Å². The molecule has 0 aliphatic carbocycles. The summed E-state index contributed by atoms with van der Waals surface area (Å²) < 4.78 is 10.3. The van der Waals surface area contributed by atoms with Crippen molar-refractivity contribution < 1.29 is 19.4 Å². The first kappa shape index (κ1) is 13.0. The Morgan fingerprint density at radius 2 is 1.68 bits per heavy atom. The van der Waals surface area contributed by atoms with Crippen LogP contribution in [-0.4, -0.2) is 18.2 Å². The van der Waals surface area contributed by atoms with E-state index in [4.69, 9.17) is 9.47 Å². The Kier molecular flexibility index (Phi) is 4.03. The molecule has 0 saturated heterocycles. The van der Waals surface area contributed by atoms with Crippen LogP contribution in [-0.2, 0) is 11.2 Å². The number of hydrogen-bond acceptors (Lipinski definition) is 4. The lowest BCUT2D eigenvalue weighted by atomic mass is 10.1. The molecule has 2 rings (SSSR count). The van der Waals surface area contributed by atoms with Gasteiger partial charge in [0, 0.05) is 5.56 Å². The van der Waals surface area contributed by atoms with Crippen LogP contribution in [0.15, 0.2) is 48.5 Å². The van der Waals surface area contributed by atoms with Crippen LogP contribution in [0.5, 0.6) is 17.2 Å². The minimum absolute atomic E-state index is 0.00468. The van der Waals surface area contributed by atoms with Gasteiger partial charge in [-0.25, -0.2) is 0 Å². The summed E-state index contributed by atoms with van der Waals surface area (Å²) in [6.07, 6.45) is 0.00468. The van der Waals surface area contributed by atoms with Crippen molar-refractivity contribution in [3.8, 4) is 17.2 Å². The minimum Gasteiger partial charge on any atom is -0.508 e.